The zero-order chi connectivity index (χ0) is 12.3. The summed E-state index contributed by atoms with van der Waals surface area (Å²) in [5.74, 6) is 0. The van der Waals surface area contributed by atoms with E-state index in [0.717, 1.165) is 5.06 Å². The minimum absolute atomic E-state index is 0.164. The van der Waals surface area contributed by atoms with Crippen LogP contribution in [0.4, 0.5) is 4.79 Å². The summed E-state index contributed by atoms with van der Waals surface area (Å²) < 4.78 is 5.08. The number of nitriles is 1. The largest absolute Gasteiger partial charge is 0.442 e. The SMILES string of the molecule is CC(C)(C)OC(=O)N1OC(CN)NC1C#N. The molecule has 90 valence electrons. The van der Waals surface area contributed by atoms with Crippen molar-refractivity contribution in [2.24, 2.45) is 5.73 Å². The average molecular weight is 228 g/mol. The van der Waals surface area contributed by atoms with Crippen molar-refractivity contribution in [2.75, 3.05) is 6.54 Å². The molecule has 0 saturated carbocycles. The van der Waals surface area contributed by atoms with Gasteiger partial charge in [-0.1, -0.05) is 0 Å². The Balaban J connectivity index is 2.65. The Morgan fingerprint density at radius 2 is 2.31 bits per heavy atom. The number of nitrogens with zero attached hydrogens (tertiary/aromatic N) is 2. The van der Waals surface area contributed by atoms with Crippen LogP contribution >= 0.6 is 0 Å². The topological polar surface area (TPSA) is 101 Å². The first-order valence-corrected chi connectivity index (χ1v) is 4.92. The van der Waals surface area contributed by atoms with Gasteiger partial charge in [0.15, 0.2) is 6.23 Å². The summed E-state index contributed by atoms with van der Waals surface area (Å²) >= 11 is 0. The third kappa shape index (κ3) is 3.06. The fourth-order valence-corrected chi connectivity index (χ4v) is 1.13. The van der Waals surface area contributed by atoms with E-state index in [0.29, 0.717) is 0 Å². The normalized spacial score (nSPS) is 25.3. The van der Waals surface area contributed by atoms with Gasteiger partial charge in [0.25, 0.3) is 0 Å². The van der Waals surface area contributed by atoms with Crippen LogP contribution in [0.2, 0.25) is 0 Å². The van der Waals surface area contributed by atoms with Gasteiger partial charge in [0.2, 0.25) is 6.17 Å². The van der Waals surface area contributed by atoms with Gasteiger partial charge < -0.3 is 10.5 Å². The maximum atomic E-state index is 11.6. The Hall–Kier alpha value is -1.36. The quantitative estimate of drug-likeness (QED) is 0.649. The predicted octanol–water partition coefficient (Wildman–Crippen LogP) is -0.107. The number of hydroxylamine groups is 2. The van der Waals surface area contributed by atoms with E-state index in [2.05, 4.69) is 5.32 Å². The van der Waals surface area contributed by atoms with Crippen molar-refractivity contribution in [1.29, 1.82) is 5.26 Å². The highest BCUT2D eigenvalue weighted by atomic mass is 16.8. The molecule has 7 nitrogen and oxygen atoms in total. The van der Waals surface area contributed by atoms with Gasteiger partial charge in [0.1, 0.15) is 11.7 Å². The molecule has 1 aliphatic heterocycles. The Morgan fingerprint density at radius 3 is 2.75 bits per heavy atom. The average Bonchev–Trinajstić information content (AvgIpc) is 2.58. The molecule has 16 heavy (non-hydrogen) atoms. The molecule has 0 radical (unpaired) electrons. The molecule has 2 atom stereocenters. The Morgan fingerprint density at radius 1 is 1.69 bits per heavy atom. The fourth-order valence-electron chi connectivity index (χ4n) is 1.13. The number of nitrogens with one attached hydrogen (secondary N) is 1. The number of carbonyl (C=O) groups is 1. The summed E-state index contributed by atoms with van der Waals surface area (Å²) in [6, 6.07) is 1.88. The van der Waals surface area contributed by atoms with Crippen LogP contribution in [-0.2, 0) is 9.57 Å². The van der Waals surface area contributed by atoms with Crippen molar-refractivity contribution in [1.82, 2.24) is 10.4 Å². The van der Waals surface area contributed by atoms with Crippen molar-refractivity contribution in [3.05, 3.63) is 0 Å². The highest BCUT2D eigenvalue weighted by molar-refractivity contribution is 5.67. The van der Waals surface area contributed by atoms with Crippen LogP contribution in [0.1, 0.15) is 20.8 Å². The number of ether oxygens (including phenoxy) is 1. The smallest absolute Gasteiger partial charge is 0.437 e. The van der Waals surface area contributed by atoms with Crippen molar-refractivity contribution >= 4 is 6.09 Å². The van der Waals surface area contributed by atoms with Crippen LogP contribution in [0, 0.1) is 11.3 Å². The van der Waals surface area contributed by atoms with Crippen LogP contribution in [0.15, 0.2) is 0 Å². The Labute approximate surface area is 94.0 Å². The van der Waals surface area contributed by atoms with Crippen molar-refractivity contribution in [3.8, 4) is 6.07 Å². The monoisotopic (exact) mass is 228 g/mol. The first-order valence-electron chi connectivity index (χ1n) is 4.92. The number of nitrogens with two attached hydrogens (primary N) is 1. The third-order valence-corrected chi connectivity index (χ3v) is 1.73. The standard InChI is InChI=1S/C9H16N4O3/c1-9(2,3)15-8(14)13-6(4-10)12-7(5-11)16-13/h6-7,12H,5,11H2,1-3H3. The fraction of sp³-hybridized carbons (Fsp3) is 0.778. The second kappa shape index (κ2) is 4.65. The summed E-state index contributed by atoms with van der Waals surface area (Å²) in [6.45, 7) is 5.36. The van der Waals surface area contributed by atoms with Crippen molar-refractivity contribution in [2.45, 2.75) is 38.8 Å². The van der Waals surface area contributed by atoms with E-state index in [1.54, 1.807) is 20.8 Å². The molecule has 1 heterocycles. The van der Waals surface area contributed by atoms with E-state index in [1.807, 2.05) is 6.07 Å². The van der Waals surface area contributed by atoms with Gasteiger partial charge in [0.05, 0.1) is 0 Å². The van der Waals surface area contributed by atoms with Gasteiger partial charge in [-0.2, -0.15) is 10.3 Å². The lowest BCUT2D eigenvalue weighted by molar-refractivity contribution is -0.141. The molecule has 0 aromatic heterocycles. The molecule has 1 aliphatic rings. The third-order valence-electron chi connectivity index (χ3n) is 1.73. The molecule has 0 aromatic rings. The summed E-state index contributed by atoms with van der Waals surface area (Å²) in [5.41, 5.74) is 4.73. The number of carbonyl (C=O) groups excluding carboxylic acids is 1. The molecule has 0 spiro atoms. The van der Waals surface area contributed by atoms with E-state index in [4.69, 9.17) is 20.6 Å². The molecule has 7 heteroatoms. The molecule has 2 unspecified atom stereocenters. The van der Waals surface area contributed by atoms with Gasteiger partial charge in [-0.3, -0.25) is 5.32 Å². The minimum atomic E-state index is -0.872. The number of hydrogen-bond acceptors (Lipinski definition) is 6. The molecule has 1 amide bonds. The van der Waals surface area contributed by atoms with Crippen LogP contribution in [-0.4, -0.2) is 35.7 Å². The zero-order valence-electron chi connectivity index (χ0n) is 9.56. The van der Waals surface area contributed by atoms with Gasteiger partial charge in [-0.05, 0) is 20.8 Å². The second-order valence-electron chi connectivity index (χ2n) is 4.33. The molecule has 1 fully saturated rings. The van der Waals surface area contributed by atoms with E-state index in [-0.39, 0.29) is 6.54 Å². The molecular formula is C9H16N4O3. The molecule has 0 aromatic carbocycles. The lowest BCUT2D eigenvalue weighted by Crippen LogP contribution is -2.41. The Bertz CT molecular complexity index is 307. The first kappa shape index (κ1) is 12.7. The van der Waals surface area contributed by atoms with E-state index in [1.165, 1.54) is 0 Å². The van der Waals surface area contributed by atoms with E-state index in [9.17, 15) is 4.79 Å². The summed E-state index contributed by atoms with van der Waals surface area (Å²) in [4.78, 5) is 16.8. The predicted molar refractivity (Wildman–Crippen MR) is 54.5 cm³/mol. The molecule has 1 rings (SSSR count). The summed E-state index contributed by atoms with van der Waals surface area (Å²) in [7, 11) is 0. The maximum Gasteiger partial charge on any atom is 0.437 e. The van der Waals surface area contributed by atoms with Crippen LogP contribution in [0.3, 0.4) is 0 Å². The van der Waals surface area contributed by atoms with Gasteiger partial charge in [0, 0.05) is 6.54 Å². The van der Waals surface area contributed by atoms with Crippen molar-refractivity contribution < 1.29 is 14.4 Å². The maximum absolute atomic E-state index is 11.6. The van der Waals surface area contributed by atoms with E-state index >= 15 is 0 Å². The summed E-state index contributed by atoms with van der Waals surface area (Å²) in [6.07, 6.45) is -2.12. The number of rotatable bonds is 1. The highest BCUT2D eigenvalue weighted by Gasteiger charge is 2.38. The number of hydrogen-bond donors (Lipinski definition) is 2. The van der Waals surface area contributed by atoms with Crippen LogP contribution in [0.25, 0.3) is 0 Å². The lowest BCUT2D eigenvalue weighted by atomic mass is 10.2. The first-order chi connectivity index (χ1) is 7.37. The number of amides is 1. The van der Waals surface area contributed by atoms with Crippen molar-refractivity contribution in [3.63, 3.8) is 0 Å². The summed E-state index contributed by atoms with van der Waals surface area (Å²) in [5, 5.41) is 12.4. The van der Waals surface area contributed by atoms with Crippen LogP contribution < -0.4 is 11.1 Å². The highest BCUT2D eigenvalue weighted by Crippen LogP contribution is 2.16. The molecular weight excluding hydrogens is 212 g/mol. The molecule has 0 bridgehead atoms. The zero-order valence-corrected chi connectivity index (χ0v) is 9.56. The van der Waals surface area contributed by atoms with Crippen LogP contribution in [0.5, 0.6) is 0 Å². The molecule has 3 N–H and O–H groups in total. The van der Waals surface area contributed by atoms with Gasteiger partial charge in [-0.15, -0.1) is 0 Å². The minimum Gasteiger partial charge on any atom is -0.442 e. The molecule has 0 aliphatic carbocycles. The Kier molecular flexibility index (Phi) is 3.70. The van der Waals surface area contributed by atoms with E-state index < -0.39 is 24.1 Å². The second-order valence-corrected chi connectivity index (χ2v) is 4.33. The van der Waals surface area contributed by atoms with Gasteiger partial charge in [-0.25, -0.2) is 9.63 Å². The molecule has 1 saturated heterocycles. The lowest BCUT2D eigenvalue weighted by Gasteiger charge is -2.24. The van der Waals surface area contributed by atoms with Gasteiger partial charge >= 0.3 is 6.09 Å².